The highest BCUT2D eigenvalue weighted by atomic mass is 35.5. The third-order valence-electron chi connectivity index (χ3n) is 5.70. The Labute approximate surface area is 166 Å². The second kappa shape index (κ2) is 8.47. The van der Waals surface area contributed by atoms with E-state index in [1.165, 1.54) is 58.0 Å². The predicted octanol–water partition coefficient (Wildman–Crippen LogP) is 3.18. The van der Waals surface area contributed by atoms with Crippen LogP contribution in [0.25, 0.3) is 0 Å². The van der Waals surface area contributed by atoms with Gasteiger partial charge in [0.2, 0.25) is 15.9 Å². The van der Waals surface area contributed by atoms with Crippen LogP contribution in [0, 0.1) is 5.92 Å². The highest BCUT2D eigenvalue weighted by Gasteiger charge is 2.34. The van der Waals surface area contributed by atoms with Gasteiger partial charge in [-0.25, -0.2) is 12.7 Å². The van der Waals surface area contributed by atoms with E-state index >= 15 is 0 Å². The quantitative estimate of drug-likeness (QED) is 0.804. The zero-order valence-electron chi connectivity index (χ0n) is 15.9. The molecular weight excluding hydrogens is 386 g/mol. The van der Waals surface area contributed by atoms with Gasteiger partial charge in [0.1, 0.15) is 0 Å². The van der Waals surface area contributed by atoms with Crippen molar-refractivity contribution in [2.24, 2.45) is 5.92 Å². The first-order valence-corrected chi connectivity index (χ1v) is 11.4. The Morgan fingerprint density at radius 1 is 1.22 bits per heavy atom. The van der Waals surface area contributed by atoms with Gasteiger partial charge in [-0.15, -0.1) is 0 Å². The van der Waals surface area contributed by atoms with Crippen LogP contribution in [0.15, 0.2) is 23.1 Å². The van der Waals surface area contributed by atoms with Gasteiger partial charge in [-0.3, -0.25) is 9.69 Å². The molecule has 0 bridgehead atoms. The fraction of sp³-hybridized carbons (Fsp3) is 0.632. The summed E-state index contributed by atoms with van der Waals surface area (Å²) in [7, 11) is -0.639. The van der Waals surface area contributed by atoms with E-state index in [1.54, 1.807) is 0 Å². The molecule has 0 spiro atoms. The van der Waals surface area contributed by atoms with Crippen LogP contribution in [-0.2, 0) is 14.8 Å². The lowest BCUT2D eigenvalue weighted by Gasteiger charge is -2.43. The highest BCUT2D eigenvalue weighted by Crippen LogP contribution is 2.35. The molecule has 0 aromatic heterocycles. The molecule has 2 aliphatic rings. The van der Waals surface area contributed by atoms with E-state index in [1.807, 2.05) is 0 Å². The van der Waals surface area contributed by atoms with Crippen molar-refractivity contribution in [1.82, 2.24) is 9.21 Å². The molecule has 1 aliphatic carbocycles. The number of carbonyl (C=O) groups is 1. The number of hydrogen-bond donors (Lipinski definition) is 1. The Morgan fingerprint density at radius 3 is 2.67 bits per heavy atom. The van der Waals surface area contributed by atoms with Crippen LogP contribution in [0.2, 0.25) is 5.02 Å². The summed E-state index contributed by atoms with van der Waals surface area (Å²) in [6.45, 7) is 1.26. The maximum absolute atomic E-state index is 12.6. The number of nitrogens with one attached hydrogen (secondary N) is 1. The number of likely N-dealkylation sites (tertiary alicyclic amines) is 1. The molecule has 2 fully saturated rings. The van der Waals surface area contributed by atoms with Crippen molar-refractivity contribution in [1.29, 1.82) is 0 Å². The molecule has 8 heteroatoms. The van der Waals surface area contributed by atoms with Gasteiger partial charge in [-0.2, -0.15) is 0 Å². The molecule has 1 N–H and O–H groups in total. The standard InChI is InChI=1S/C19H28ClN3O3S/c1-22(2)27(25,26)15-9-10-16(20)17(12-15)21-19(24)13-23-11-5-7-14-6-3-4-8-18(14)23/h9-10,12,14,18H,3-8,11,13H2,1-2H3,(H,21,24)/t14-,18+/m1/s1. The summed E-state index contributed by atoms with van der Waals surface area (Å²) in [5.41, 5.74) is 0.335. The van der Waals surface area contributed by atoms with Gasteiger partial charge < -0.3 is 5.32 Å². The minimum Gasteiger partial charge on any atom is -0.324 e. The number of carbonyl (C=O) groups excluding carboxylic acids is 1. The van der Waals surface area contributed by atoms with E-state index < -0.39 is 10.0 Å². The molecule has 1 aromatic carbocycles. The summed E-state index contributed by atoms with van der Waals surface area (Å²) < 4.78 is 25.8. The number of benzene rings is 1. The summed E-state index contributed by atoms with van der Waals surface area (Å²) in [5.74, 6) is 0.556. The summed E-state index contributed by atoms with van der Waals surface area (Å²) in [4.78, 5) is 15.0. The molecule has 1 amide bonds. The Morgan fingerprint density at radius 2 is 1.93 bits per heavy atom. The van der Waals surface area contributed by atoms with Gasteiger partial charge in [0.25, 0.3) is 0 Å². The second-order valence-corrected chi connectivity index (χ2v) is 10.3. The molecule has 1 saturated carbocycles. The highest BCUT2D eigenvalue weighted by molar-refractivity contribution is 7.89. The molecular formula is C19H28ClN3O3S. The van der Waals surface area contributed by atoms with Gasteiger partial charge >= 0.3 is 0 Å². The predicted molar refractivity (Wildman–Crippen MR) is 108 cm³/mol. The van der Waals surface area contributed by atoms with Gasteiger partial charge in [-0.1, -0.05) is 24.4 Å². The van der Waals surface area contributed by atoms with Crippen LogP contribution in [0.4, 0.5) is 5.69 Å². The van der Waals surface area contributed by atoms with E-state index in [9.17, 15) is 13.2 Å². The van der Waals surface area contributed by atoms with Crippen LogP contribution in [0.5, 0.6) is 0 Å². The molecule has 1 aromatic rings. The minimum atomic E-state index is -3.58. The van der Waals surface area contributed by atoms with Crippen molar-refractivity contribution in [2.45, 2.75) is 49.5 Å². The van der Waals surface area contributed by atoms with Crippen LogP contribution < -0.4 is 5.32 Å². The van der Waals surface area contributed by atoms with E-state index in [-0.39, 0.29) is 10.8 Å². The number of fused-ring (bicyclic) bond motifs is 1. The van der Waals surface area contributed by atoms with Gasteiger partial charge in [0.15, 0.2) is 0 Å². The number of piperidine rings is 1. The minimum absolute atomic E-state index is 0.109. The van der Waals surface area contributed by atoms with Crippen molar-refractivity contribution in [2.75, 3.05) is 32.5 Å². The van der Waals surface area contributed by atoms with Crippen LogP contribution >= 0.6 is 11.6 Å². The molecule has 27 heavy (non-hydrogen) atoms. The number of amides is 1. The third-order valence-corrected chi connectivity index (χ3v) is 7.84. The normalized spacial score (nSPS) is 23.9. The Balaban J connectivity index is 1.70. The number of hydrogen-bond acceptors (Lipinski definition) is 4. The lowest BCUT2D eigenvalue weighted by molar-refractivity contribution is -0.118. The van der Waals surface area contributed by atoms with E-state index in [2.05, 4.69) is 10.2 Å². The average Bonchev–Trinajstić information content (AvgIpc) is 2.63. The van der Waals surface area contributed by atoms with Crippen LogP contribution in [0.1, 0.15) is 38.5 Å². The third kappa shape index (κ3) is 4.65. The summed E-state index contributed by atoms with van der Waals surface area (Å²) >= 11 is 6.19. The molecule has 6 nitrogen and oxygen atoms in total. The first-order valence-electron chi connectivity index (χ1n) is 9.55. The molecule has 3 rings (SSSR count). The lowest BCUT2D eigenvalue weighted by Crippen LogP contribution is -2.49. The van der Waals surface area contributed by atoms with Gasteiger partial charge in [0.05, 0.1) is 22.2 Å². The van der Waals surface area contributed by atoms with Crippen molar-refractivity contribution in [3.63, 3.8) is 0 Å². The second-order valence-electron chi connectivity index (χ2n) is 7.70. The first kappa shape index (κ1) is 20.6. The lowest BCUT2D eigenvalue weighted by atomic mass is 9.78. The first-order chi connectivity index (χ1) is 12.8. The monoisotopic (exact) mass is 413 g/mol. The van der Waals surface area contributed by atoms with Gasteiger partial charge in [0, 0.05) is 20.1 Å². The number of sulfonamides is 1. The number of anilines is 1. The van der Waals surface area contributed by atoms with E-state index in [4.69, 9.17) is 11.6 Å². The molecule has 1 saturated heterocycles. The largest absolute Gasteiger partial charge is 0.324 e. The summed E-state index contributed by atoms with van der Waals surface area (Å²) in [6.07, 6.45) is 7.35. The zero-order valence-corrected chi connectivity index (χ0v) is 17.5. The SMILES string of the molecule is CN(C)S(=O)(=O)c1ccc(Cl)c(NC(=O)CN2CCC[C@H]3CCCC[C@@H]32)c1. The molecule has 1 aliphatic heterocycles. The topological polar surface area (TPSA) is 69.7 Å². The number of nitrogens with zero attached hydrogens (tertiary/aromatic N) is 2. The van der Waals surface area contributed by atoms with E-state index in [0.29, 0.717) is 29.2 Å². The smallest absolute Gasteiger partial charge is 0.242 e. The van der Waals surface area contributed by atoms with Crippen molar-refractivity contribution in [3.05, 3.63) is 23.2 Å². The van der Waals surface area contributed by atoms with Gasteiger partial charge in [-0.05, 0) is 56.3 Å². The van der Waals surface area contributed by atoms with Crippen molar-refractivity contribution in [3.8, 4) is 0 Å². The summed E-state index contributed by atoms with van der Waals surface area (Å²) in [5, 5.41) is 3.14. The zero-order chi connectivity index (χ0) is 19.6. The van der Waals surface area contributed by atoms with E-state index in [0.717, 1.165) is 23.7 Å². The Kier molecular flexibility index (Phi) is 6.46. The Hall–Kier alpha value is -1.15. The fourth-order valence-corrected chi connectivity index (χ4v) is 5.36. The molecule has 1 heterocycles. The molecule has 2 atom stereocenters. The van der Waals surface area contributed by atoms with Crippen LogP contribution in [0.3, 0.4) is 0 Å². The Bertz CT molecular complexity index is 795. The van der Waals surface area contributed by atoms with Crippen LogP contribution in [-0.4, -0.2) is 56.8 Å². The average molecular weight is 414 g/mol. The molecule has 0 unspecified atom stereocenters. The maximum Gasteiger partial charge on any atom is 0.242 e. The fourth-order valence-electron chi connectivity index (χ4n) is 4.27. The molecule has 0 radical (unpaired) electrons. The van der Waals surface area contributed by atoms with Crippen molar-refractivity contribution < 1.29 is 13.2 Å². The molecule has 150 valence electrons. The number of halogens is 1. The number of rotatable bonds is 5. The van der Waals surface area contributed by atoms with Crippen molar-refractivity contribution >= 4 is 33.2 Å². The summed E-state index contributed by atoms with van der Waals surface area (Å²) in [6, 6.07) is 4.87. The maximum atomic E-state index is 12.6.